The summed E-state index contributed by atoms with van der Waals surface area (Å²) < 4.78 is 5.01. The Hall–Kier alpha value is -0.930. The SMILES string of the molecule is CC(=O)OC(C)(C)N=NC(C)(C)C(C)C. The van der Waals surface area contributed by atoms with Gasteiger partial charge in [-0.1, -0.05) is 13.8 Å². The van der Waals surface area contributed by atoms with E-state index in [9.17, 15) is 4.79 Å². The number of hydrogen-bond donors (Lipinski definition) is 0. The van der Waals surface area contributed by atoms with Crippen LogP contribution in [0.5, 0.6) is 0 Å². The molecular weight excluding hydrogens is 192 g/mol. The van der Waals surface area contributed by atoms with Crippen molar-refractivity contribution in [2.24, 2.45) is 16.1 Å². The van der Waals surface area contributed by atoms with Crippen molar-refractivity contribution >= 4 is 5.97 Å². The molecular formula is C11H22N2O2. The molecule has 0 rings (SSSR count). The van der Waals surface area contributed by atoms with Gasteiger partial charge in [0.2, 0.25) is 5.72 Å². The van der Waals surface area contributed by atoms with Crippen LogP contribution in [-0.4, -0.2) is 17.2 Å². The molecule has 0 fully saturated rings. The van der Waals surface area contributed by atoms with Gasteiger partial charge in [-0.3, -0.25) is 4.79 Å². The average Bonchev–Trinajstić information content (AvgIpc) is 1.98. The van der Waals surface area contributed by atoms with E-state index in [0.29, 0.717) is 5.92 Å². The number of carbonyl (C=O) groups is 1. The zero-order valence-electron chi connectivity index (χ0n) is 10.8. The van der Waals surface area contributed by atoms with Crippen molar-refractivity contribution in [3.05, 3.63) is 0 Å². The molecule has 0 saturated heterocycles. The van der Waals surface area contributed by atoms with Gasteiger partial charge in [-0.05, 0) is 33.6 Å². The number of ether oxygens (including phenoxy) is 1. The molecule has 0 radical (unpaired) electrons. The Kier molecular flexibility index (Phi) is 4.43. The lowest BCUT2D eigenvalue weighted by atomic mass is 9.92. The van der Waals surface area contributed by atoms with E-state index in [1.165, 1.54) is 6.92 Å². The molecule has 0 aliphatic carbocycles. The van der Waals surface area contributed by atoms with E-state index in [4.69, 9.17) is 4.74 Å². The number of rotatable bonds is 4. The van der Waals surface area contributed by atoms with Gasteiger partial charge in [0.05, 0.1) is 5.54 Å². The largest absolute Gasteiger partial charge is 0.436 e. The second-order valence-corrected chi connectivity index (χ2v) is 5.05. The molecule has 0 amide bonds. The van der Waals surface area contributed by atoms with Crippen molar-refractivity contribution in [2.45, 2.75) is 59.7 Å². The normalized spacial score (nSPS) is 13.6. The number of esters is 1. The maximum Gasteiger partial charge on any atom is 0.304 e. The Morgan fingerprint density at radius 2 is 1.60 bits per heavy atom. The summed E-state index contributed by atoms with van der Waals surface area (Å²) in [6, 6.07) is 0. The van der Waals surface area contributed by atoms with E-state index in [1.54, 1.807) is 13.8 Å². The summed E-state index contributed by atoms with van der Waals surface area (Å²) in [5.41, 5.74) is -1.12. The van der Waals surface area contributed by atoms with Gasteiger partial charge in [0.15, 0.2) is 0 Å². The first-order valence-electron chi connectivity index (χ1n) is 5.20. The topological polar surface area (TPSA) is 51.0 Å². The van der Waals surface area contributed by atoms with Crippen LogP contribution >= 0.6 is 0 Å². The van der Waals surface area contributed by atoms with Gasteiger partial charge in [0, 0.05) is 6.92 Å². The van der Waals surface area contributed by atoms with Crippen LogP contribution in [0.4, 0.5) is 0 Å². The number of hydrogen-bond acceptors (Lipinski definition) is 4. The molecule has 4 heteroatoms. The Balaban J connectivity index is 4.57. The molecule has 0 saturated carbocycles. The molecule has 0 aliphatic rings. The Morgan fingerprint density at radius 3 is 1.93 bits per heavy atom. The molecule has 4 nitrogen and oxygen atoms in total. The highest BCUT2D eigenvalue weighted by Gasteiger charge is 2.25. The van der Waals surface area contributed by atoms with Gasteiger partial charge >= 0.3 is 5.97 Å². The minimum absolute atomic E-state index is 0.239. The van der Waals surface area contributed by atoms with Gasteiger partial charge in [-0.15, -0.1) is 5.11 Å². The van der Waals surface area contributed by atoms with Crippen LogP contribution in [0.25, 0.3) is 0 Å². The average molecular weight is 214 g/mol. The summed E-state index contributed by atoms with van der Waals surface area (Å²) in [4.78, 5) is 10.8. The third-order valence-electron chi connectivity index (χ3n) is 2.35. The molecule has 0 bridgehead atoms. The zero-order chi connectivity index (χ0) is 12.3. The quantitative estimate of drug-likeness (QED) is 0.533. The van der Waals surface area contributed by atoms with Gasteiger partial charge in [-0.2, -0.15) is 5.11 Å². The highest BCUT2D eigenvalue weighted by atomic mass is 16.6. The summed E-state index contributed by atoms with van der Waals surface area (Å²) in [5.74, 6) is 0.0377. The van der Waals surface area contributed by atoms with E-state index in [1.807, 2.05) is 13.8 Å². The highest BCUT2D eigenvalue weighted by molar-refractivity contribution is 5.66. The first-order valence-corrected chi connectivity index (χ1v) is 5.20. The second kappa shape index (κ2) is 4.73. The van der Waals surface area contributed by atoms with Gasteiger partial charge in [0.1, 0.15) is 0 Å². The van der Waals surface area contributed by atoms with Gasteiger partial charge < -0.3 is 4.74 Å². The fourth-order valence-corrected chi connectivity index (χ4v) is 0.737. The first-order chi connectivity index (χ1) is 6.57. The Bertz CT molecular complexity index is 255. The maximum absolute atomic E-state index is 10.8. The van der Waals surface area contributed by atoms with Crippen LogP contribution in [0.3, 0.4) is 0 Å². The van der Waals surface area contributed by atoms with E-state index in [0.717, 1.165) is 0 Å². The summed E-state index contributed by atoms with van der Waals surface area (Å²) in [6.45, 7) is 13.0. The lowest BCUT2D eigenvalue weighted by molar-refractivity contribution is -0.153. The first kappa shape index (κ1) is 14.1. The zero-order valence-corrected chi connectivity index (χ0v) is 10.8. The second-order valence-electron chi connectivity index (χ2n) is 5.05. The third-order valence-corrected chi connectivity index (χ3v) is 2.35. The molecule has 0 spiro atoms. The van der Waals surface area contributed by atoms with Crippen LogP contribution in [0.15, 0.2) is 10.2 Å². The van der Waals surface area contributed by atoms with Crippen molar-refractivity contribution < 1.29 is 9.53 Å². The van der Waals surface area contributed by atoms with Crippen molar-refractivity contribution in [2.75, 3.05) is 0 Å². The Morgan fingerprint density at radius 1 is 1.13 bits per heavy atom. The van der Waals surface area contributed by atoms with Crippen LogP contribution in [-0.2, 0) is 9.53 Å². The minimum Gasteiger partial charge on any atom is -0.436 e. The Labute approximate surface area is 92.1 Å². The van der Waals surface area contributed by atoms with Crippen molar-refractivity contribution in [3.63, 3.8) is 0 Å². The van der Waals surface area contributed by atoms with Crippen LogP contribution in [0.1, 0.15) is 48.5 Å². The molecule has 0 heterocycles. The standard InChI is InChI=1S/C11H22N2O2/c1-8(2)10(4,5)12-13-11(6,7)15-9(3)14/h8H,1-7H3. The fourth-order valence-electron chi connectivity index (χ4n) is 0.737. The highest BCUT2D eigenvalue weighted by Crippen LogP contribution is 2.23. The van der Waals surface area contributed by atoms with E-state index in [2.05, 4.69) is 24.1 Å². The smallest absolute Gasteiger partial charge is 0.304 e. The van der Waals surface area contributed by atoms with Gasteiger partial charge in [0.25, 0.3) is 0 Å². The van der Waals surface area contributed by atoms with Crippen LogP contribution in [0.2, 0.25) is 0 Å². The summed E-state index contributed by atoms with van der Waals surface area (Å²) >= 11 is 0. The fraction of sp³-hybridized carbons (Fsp3) is 0.909. The third kappa shape index (κ3) is 5.50. The van der Waals surface area contributed by atoms with Crippen molar-refractivity contribution in [3.8, 4) is 0 Å². The van der Waals surface area contributed by atoms with E-state index >= 15 is 0 Å². The van der Waals surface area contributed by atoms with Crippen LogP contribution in [0, 0.1) is 5.92 Å². The lowest BCUT2D eigenvalue weighted by Crippen LogP contribution is -2.28. The summed E-state index contributed by atoms with van der Waals surface area (Å²) in [6.07, 6.45) is 0. The molecule has 0 atom stereocenters. The molecule has 15 heavy (non-hydrogen) atoms. The molecule has 0 aromatic rings. The number of carbonyl (C=O) groups excluding carboxylic acids is 1. The predicted molar refractivity (Wildman–Crippen MR) is 59.6 cm³/mol. The monoisotopic (exact) mass is 214 g/mol. The predicted octanol–water partition coefficient (Wildman–Crippen LogP) is 3.17. The van der Waals surface area contributed by atoms with Crippen LogP contribution < -0.4 is 0 Å². The number of nitrogens with zero attached hydrogens (tertiary/aromatic N) is 2. The molecule has 0 aromatic heterocycles. The summed E-state index contributed by atoms with van der Waals surface area (Å²) in [5, 5.41) is 8.30. The van der Waals surface area contributed by atoms with Crippen molar-refractivity contribution in [1.29, 1.82) is 0 Å². The molecule has 0 aliphatic heterocycles. The molecule has 0 N–H and O–H groups in total. The minimum atomic E-state index is -0.877. The molecule has 88 valence electrons. The summed E-state index contributed by atoms with van der Waals surface area (Å²) in [7, 11) is 0. The van der Waals surface area contributed by atoms with E-state index in [-0.39, 0.29) is 11.5 Å². The maximum atomic E-state index is 10.8. The molecule has 0 unspecified atom stereocenters. The van der Waals surface area contributed by atoms with Gasteiger partial charge in [-0.25, -0.2) is 0 Å². The molecule has 0 aromatic carbocycles. The number of azo groups is 1. The van der Waals surface area contributed by atoms with Crippen molar-refractivity contribution in [1.82, 2.24) is 0 Å². The van der Waals surface area contributed by atoms with E-state index < -0.39 is 5.72 Å². The lowest BCUT2D eigenvalue weighted by Gasteiger charge is -2.25.